The SMILES string of the molecule is [N-]=[N+]=NCCOCCn1cc(CCc2ccc(Cc3ccc(-c4ccc(Cc5ccc(CCc6cn(CCOCCN=[N+]=[N-])nn6)cc5)cc4)cc3)cc2)nn1. The molecule has 0 saturated heterocycles. The van der Waals surface area contributed by atoms with Crippen molar-refractivity contribution in [3.05, 3.63) is 175 Å². The van der Waals surface area contributed by atoms with Crippen LogP contribution in [0.25, 0.3) is 32.0 Å². The third-order valence-corrected chi connectivity index (χ3v) is 9.34. The number of aromatic nitrogens is 6. The van der Waals surface area contributed by atoms with Crippen LogP contribution in [0.3, 0.4) is 0 Å². The van der Waals surface area contributed by atoms with Gasteiger partial charge in [-0.2, -0.15) is 0 Å². The summed E-state index contributed by atoms with van der Waals surface area (Å²) in [5, 5.41) is 23.9. The van der Waals surface area contributed by atoms with Gasteiger partial charge in [0.2, 0.25) is 0 Å². The molecule has 0 aliphatic carbocycles. The molecule has 2 heterocycles. The van der Waals surface area contributed by atoms with Gasteiger partial charge in [-0.3, -0.25) is 0 Å². The van der Waals surface area contributed by atoms with Gasteiger partial charge in [-0.05, 0) is 94.1 Å². The number of nitrogens with zero attached hydrogens (tertiary/aromatic N) is 12. The Labute approximate surface area is 326 Å². The van der Waals surface area contributed by atoms with E-state index in [1.54, 1.807) is 9.36 Å². The molecule has 0 N–H and O–H groups in total. The van der Waals surface area contributed by atoms with Crippen LogP contribution in [-0.2, 0) is 61.1 Å². The van der Waals surface area contributed by atoms with E-state index in [9.17, 15) is 0 Å². The monoisotopic (exact) mass is 750 g/mol. The molecule has 14 nitrogen and oxygen atoms in total. The van der Waals surface area contributed by atoms with Crippen LogP contribution in [0, 0.1) is 0 Å². The van der Waals surface area contributed by atoms with Gasteiger partial charge in [-0.25, -0.2) is 9.36 Å². The Hall–Kier alpha value is -6.30. The maximum absolute atomic E-state index is 8.31. The number of ether oxygens (including phenoxy) is 2. The summed E-state index contributed by atoms with van der Waals surface area (Å²) in [6.07, 6.45) is 9.14. The number of hydrogen-bond donors (Lipinski definition) is 0. The third-order valence-electron chi connectivity index (χ3n) is 9.34. The normalized spacial score (nSPS) is 10.9. The van der Waals surface area contributed by atoms with Gasteiger partial charge in [-0.15, -0.1) is 10.2 Å². The van der Waals surface area contributed by atoms with Crippen LogP contribution in [0.15, 0.2) is 120 Å². The number of hydrogen-bond acceptors (Lipinski definition) is 8. The molecule has 2 aromatic heterocycles. The van der Waals surface area contributed by atoms with Crippen molar-refractivity contribution >= 4 is 0 Å². The van der Waals surface area contributed by atoms with Crippen molar-refractivity contribution < 1.29 is 9.47 Å². The first-order valence-electron chi connectivity index (χ1n) is 18.9. The smallest absolute Gasteiger partial charge is 0.0830 e. The number of rotatable bonds is 23. The van der Waals surface area contributed by atoms with Gasteiger partial charge in [-0.1, -0.05) is 118 Å². The topological polar surface area (TPSA) is 177 Å². The highest BCUT2D eigenvalue weighted by molar-refractivity contribution is 5.64. The minimum atomic E-state index is 0.333. The first kappa shape index (κ1) is 39.4. The van der Waals surface area contributed by atoms with Gasteiger partial charge < -0.3 is 9.47 Å². The minimum absolute atomic E-state index is 0.333. The van der Waals surface area contributed by atoms with E-state index in [-0.39, 0.29) is 0 Å². The van der Waals surface area contributed by atoms with Crippen LogP contribution in [0.1, 0.15) is 44.8 Å². The van der Waals surface area contributed by atoms with Gasteiger partial charge in [0.15, 0.2) is 0 Å². The summed E-state index contributed by atoms with van der Waals surface area (Å²) < 4.78 is 14.5. The zero-order valence-electron chi connectivity index (χ0n) is 31.5. The van der Waals surface area contributed by atoms with E-state index in [0.29, 0.717) is 52.6 Å². The lowest BCUT2D eigenvalue weighted by molar-refractivity contribution is 0.130. The first-order valence-corrected chi connectivity index (χ1v) is 18.9. The summed E-state index contributed by atoms with van der Waals surface area (Å²) in [7, 11) is 0. The molecule has 6 aromatic rings. The maximum atomic E-state index is 8.31. The number of aryl methyl sites for hydroxylation is 4. The third kappa shape index (κ3) is 12.9. The van der Waals surface area contributed by atoms with Crippen LogP contribution < -0.4 is 0 Å². The highest BCUT2D eigenvalue weighted by Gasteiger charge is 2.06. The Morgan fingerprint density at radius 2 is 0.821 bits per heavy atom. The molecule has 4 aromatic carbocycles. The molecule has 0 saturated carbocycles. The Morgan fingerprint density at radius 3 is 1.20 bits per heavy atom. The van der Waals surface area contributed by atoms with Crippen LogP contribution >= 0.6 is 0 Å². The van der Waals surface area contributed by atoms with Gasteiger partial charge >= 0.3 is 0 Å². The highest BCUT2D eigenvalue weighted by atomic mass is 16.5. The molecule has 0 aliphatic heterocycles. The molecule has 6 rings (SSSR count). The van der Waals surface area contributed by atoms with Crippen LogP contribution in [0.4, 0.5) is 0 Å². The number of azide groups is 2. The first-order chi connectivity index (χ1) is 27.6. The molecule has 0 aliphatic rings. The Bertz CT molecular complexity index is 2010. The van der Waals surface area contributed by atoms with Crippen molar-refractivity contribution in [1.29, 1.82) is 0 Å². The lowest BCUT2D eigenvalue weighted by atomic mass is 9.97. The molecule has 0 amide bonds. The summed E-state index contributed by atoms with van der Waals surface area (Å²) >= 11 is 0. The fourth-order valence-corrected chi connectivity index (χ4v) is 6.24. The molecule has 0 bridgehead atoms. The predicted molar refractivity (Wildman–Crippen MR) is 215 cm³/mol. The van der Waals surface area contributed by atoms with Crippen molar-refractivity contribution in [2.24, 2.45) is 10.2 Å². The Balaban J connectivity index is 0.897. The van der Waals surface area contributed by atoms with E-state index >= 15 is 0 Å². The summed E-state index contributed by atoms with van der Waals surface area (Å²) in [5.74, 6) is 0. The zero-order chi connectivity index (χ0) is 38.6. The van der Waals surface area contributed by atoms with Crippen molar-refractivity contribution in [3.63, 3.8) is 0 Å². The van der Waals surface area contributed by atoms with E-state index in [0.717, 1.165) is 49.9 Å². The predicted octanol–water partition coefficient (Wildman–Crippen LogP) is 7.94. The van der Waals surface area contributed by atoms with E-state index in [2.05, 4.69) is 138 Å². The summed E-state index contributed by atoms with van der Waals surface area (Å²) in [6, 6.07) is 35.4. The Morgan fingerprint density at radius 1 is 0.464 bits per heavy atom. The average Bonchev–Trinajstić information content (AvgIpc) is 3.90. The molecule has 286 valence electrons. The lowest BCUT2D eigenvalue weighted by Crippen LogP contribution is -2.08. The van der Waals surface area contributed by atoms with E-state index in [4.69, 9.17) is 20.5 Å². The number of benzene rings is 4. The molecule has 0 fully saturated rings. The molecular formula is C42H46N12O2. The molecule has 14 heteroatoms. The maximum Gasteiger partial charge on any atom is 0.0830 e. The second-order valence-corrected chi connectivity index (χ2v) is 13.5. The minimum Gasteiger partial charge on any atom is -0.379 e. The fourth-order valence-electron chi connectivity index (χ4n) is 6.24. The van der Waals surface area contributed by atoms with Crippen LogP contribution in [0.5, 0.6) is 0 Å². The molecule has 0 unspecified atom stereocenters. The van der Waals surface area contributed by atoms with Gasteiger partial charge in [0, 0.05) is 35.3 Å². The van der Waals surface area contributed by atoms with Crippen molar-refractivity contribution in [2.45, 2.75) is 51.6 Å². The van der Waals surface area contributed by atoms with E-state index in [1.165, 1.54) is 44.5 Å². The van der Waals surface area contributed by atoms with E-state index < -0.39 is 0 Å². The summed E-state index contributed by atoms with van der Waals surface area (Å²) in [6.45, 7) is 3.70. The molecule has 56 heavy (non-hydrogen) atoms. The molecule has 0 spiro atoms. The summed E-state index contributed by atoms with van der Waals surface area (Å²) in [5.41, 5.74) is 28.6. The average molecular weight is 751 g/mol. The second kappa shape index (κ2) is 21.6. The Kier molecular flexibility index (Phi) is 15.2. The van der Waals surface area contributed by atoms with Crippen LogP contribution in [-0.4, -0.2) is 69.5 Å². The molecular weight excluding hydrogens is 705 g/mol. The van der Waals surface area contributed by atoms with Gasteiger partial charge in [0.05, 0.1) is 50.9 Å². The highest BCUT2D eigenvalue weighted by Crippen LogP contribution is 2.23. The quantitative estimate of drug-likeness (QED) is 0.0278. The van der Waals surface area contributed by atoms with Crippen molar-refractivity contribution in [1.82, 2.24) is 30.0 Å². The van der Waals surface area contributed by atoms with Crippen molar-refractivity contribution in [3.8, 4) is 11.1 Å². The van der Waals surface area contributed by atoms with Gasteiger partial charge in [0.25, 0.3) is 0 Å². The lowest BCUT2D eigenvalue weighted by Gasteiger charge is -2.08. The van der Waals surface area contributed by atoms with Crippen LogP contribution in [0.2, 0.25) is 0 Å². The van der Waals surface area contributed by atoms with E-state index in [1.807, 2.05) is 12.4 Å². The fraction of sp³-hybridized carbons (Fsp3) is 0.333. The molecule has 0 radical (unpaired) electrons. The second-order valence-electron chi connectivity index (χ2n) is 13.5. The zero-order valence-corrected chi connectivity index (χ0v) is 31.5. The molecule has 0 atom stereocenters. The standard InChI is InChI=1S/C42H46N12O2/c43-49-45-21-25-55-27-23-53-31-41(47-51-53)19-13-33-1-5-35(6-2-33)29-37-9-15-39(16-10-37)40-17-11-38(12-18-40)30-36-7-3-34(4-8-36)14-20-42-32-54(52-48-42)24-28-56-26-22-46-50-44/h1-12,15-18,31-32H,13-14,19-30H2. The van der Waals surface area contributed by atoms with Crippen molar-refractivity contribution in [2.75, 3.05) is 39.5 Å². The summed E-state index contributed by atoms with van der Waals surface area (Å²) in [4.78, 5) is 5.43. The largest absolute Gasteiger partial charge is 0.379 e. The van der Waals surface area contributed by atoms with Gasteiger partial charge in [0.1, 0.15) is 0 Å².